The maximum Gasteiger partial charge on any atom is 0.253 e. The first-order valence-corrected chi connectivity index (χ1v) is 14.4. The predicted octanol–water partition coefficient (Wildman–Crippen LogP) is 5.05. The molecule has 9 nitrogen and oxygen atoms in total. The molecule has 4 heterocycles. The molecule has 0 unspecified atom stereocenters. The zero-order valence-electron chi connectivity index (χ0n) is 22.1. The van der Waals surface area contributed by atoms with E-state index in [4.69, 9.17) is 25.2 Å². The van der Waals surface area contributed by atoms with E-state index in [1.165, 1.54) is 17.6 Å². The summed E-state index contributed by atoms with van der Waals surface area (Å²) in [6.45, 7) is 3.99. The minimum atomic E-state index is -3.91. The molecule has 4 rings (SSSR count). The summed E-state index contributed by atoms with van der Waals surface area (Å²) in [7, 11) is -0.817. The third-order valence-electron chi connectivity index (χ3n) is 5.72. The molecular weight excluding hydrogens is 546 g/mol. The van der Waals surface area contributed by atoms with Gasteiger partial charge in [0.2, 0.25) is 0 Å². The molecule has 2 N–H and O–H groups in total. The summed E-state index contributed by atoms with van der Waals surface area (Å²) in [6, 6.07) is 15.7. The Morgan fingerprint density at radius 3 is 2.33 bits per heavy atom. The molecule has 0 aliphatic heterocycles. The van der Waals surface area contributed by atoms with E-state index in [9.17, 15) is 8.42 Å². The number of ether oxygens (including phenoxy) is 2. The van der Waals surface area contributed by atoms with Crippen LogP contribution in [0, 0.1) is 0 Å². The maximum atomic E-state index is 13.8. The van der Waals surface area contributed by atoms with Crippen molar-refractivity contribution in [2.45, 2.75) is 17.3 Å². The van der Waals surface area contributed by atoms with Crippen LogP contribution in [-0.2, 0) is 23.1 Å². The van der Waals surface area contributed by atoms with Gasteiger partial charge in [0.05, 0.1) is 55.8 Å². The van der Waals surface area contributed by atoms with Gasteiger partial charge in [0, 0.05) is 30.5 Å². The summed E-state index contributed by atoms with van der Waals surface area (Å²) in [5.74, 6) is 1.06. The highest BCUT2D eigenvalue weighted by Crippen LogP contribution is 2.28. The van der Waals surface area contributed by atoms with Gasteiger partial charge in [-0.25, -0.2) is 13.4 Å². The van der Waals surface area contributed by atoms with Gasteiger partial charge in [0.15, 0.2) is 0 Å². The Bertz CT molecular complexity index is 1620. The number of thiophene rings is 1. The molecule has 0 radical (unpaired) electrons. The Morgan fingerprint density at radius 1 is 0.975 bits per heavy atom. The molecular formula is C29H29N5O4S2. The SMILES string of the molecule is C=C(/C=C\C=C/N)c1cc(OC)cc(CN(Cc2cc(OC)cc(-c3ccccn3)n2)S(=O)(=O)c2cccs2)n1. The zero-order chi connectivity index (χ0) is 28.5. The molecule has 4 aromatic heterocycles. The van der Waals surface area contributed by atoms with Crippen molar-refractivity contribution in [3.63, 3.8) is 0 Å². The monoisotopic (exact) mass is 575 g/mol. The van der Waals surface area contributed by atoms with Crippen LogP contribution >= 0.6 is 11.3 Å². The fraction of sp³-hybridized carbons (Fsp3) is 0.138. The Hall–Kier alpha value is -4.32. The normalized spacial score (nSPS) is 11.9. The highest BCUT2D eigenvalue weighted by atomic mass is 32.2. The first-order chi connectivity index (χ1) is 19.3. The molecule has 0 fully saturated rings. The molecule has 0 aliphatic carbocycles. The second-order valence-electron chi connectivity index (χ2n) is 8.46. The van der Waals surface area contributed by atoms with Gasteiger partial charge in [0.25, 0.3) is 10.0 Å². The van der Waals surface area contributed by atoms with Crippen LogP contribution in [0.4, 0.5) is 0 Å². The number of nitrogens with two attached hydrogens (primary N) is 1. The lowest BCUT2D eigenvalue weighted by molar-refractivity contribution is 0.384. The zero-order valence-corrected chi connectivity index (χ0v) is 23.7. The molecule has 0 atom stereocenters. The standard InChI is InChI=1S/C29H29N5O4S2/c1-21(9-4-6-12-30)27-17-24(37-2)15-22(32-27)19-34(40(35,36)29-11-8-14-39-29)20-23-16-25(38-3)18-28(33-23)26-10-5-7-13-31-26/h4-18H,1,19-20,30H2,2-3H3/b9-4-,12-6-. The van der Waals surface area contributed by atoms with Crippen molar-refractivity contribution in [2.75, 3.05) is 14.2 Å². The molecule has 0 saturated heterocycles. The van der Waals surface area contributed by atoms with Crippen LogP contribution in [0.3, 0.4) is 0 Å². The van der Waals surface area contributed by atoms with Gasteiger partial charge in [-0.3, -0.25) is 9.97 Å². The predicted molar refractivity (Wildman–Crippen MR) is 157 cm³/mol. The molecule has 40 heavy (non-hydrogen) atoms. The molecule has 206 valence electrons. The summed E-state index contributed by atoms with van der Waals surface area (Å²) >= 11 is 1.14. The number of rotatable bonds is 12. The molecule has 0 aliphatic rings. The molecule has 0 spiro atoms. The lowest BCUT2D eigenvalue weighted by atomic mass is 10.1. The lowest BCUT2D eigenvalue weighted by Crippen LogP contribution is -2.30. The van der Waals surface area contributed by atoms with Gasteiger partial charge in [0.1, 0.15) is 15.7 Å². The topological polar surface area (TPSA) is 121 Å². The van der Waals surface area contributed by atoms with E-state index in [0.29, 0.717) is 45.5 Å². The summed E-state index contributed by atoms with van der Waals surface area (Å²) in [5, 5.41) is 1.72. The molecule has 0 bridgehead atoms. The van der Waals surface area contributed by atoms with Gasteiger partial charge < -0.3 is 15.2 Å². The summed E-state index contributed by atoms with van der Waals surface area (Å²) < 4.78 is 40.2. The highest BCUT2D eigenvalue weighted by Gasteiger charge is 2.28. The van der Waals surface area contributed by atoms with Crippen molar-refractivity contribution in [2.24, 2.45) is 5.73 Å². The van der Waals surface area contributed by atoms with E-state index in [-0.39, 0.29) is 17.3 Å². The molecule has 11 heteroatoms. The Morgan fingerprint density at radius 2 is 1.70 bits per heavy atom. The van der Waals surface area contributed by atoms with Crippen LogP contribution in [0.1, 0.15) is 17.1 Å². The number of nitrogens with zero attached hydrogens (tertiary/aromatic N) is 4. The first-order valence-electron chi connectivity index (χ1n) is 12.1. The average Bonchev–Trinajstić information content (AvgIpc) is 3.53. The molecule has 0 saturated carbocycles. The highest BCUT2D eigenvalue weighted by molar-refractivity contribution is 7.91. The minimum absolute atomic E-state index is 0.0341. The van der Waals surface area contributed by atoms with Crippen LogP contribution in [0.2, 0.25) is 0 Å². The van der Waals surface area contributed by atoms with Crippen LogP contribution in [0.25, 0.3) is 17.0 Å². The van der Waals surface area contributed by atoms with Crippen molar-refractivity contribution >= 4 is 26.9 Å². The Labute approximate surface area is 238 Å². The van der Waals surface area contributed by atoms with E-state index in [0.717, 1.165) is 11.3 Å². The number of methoxy groups -OCH3 is 2. The number of aromatic nitrogens is 3. The first kappa shape index (κ1) is 28.7. The molecule has 0 aromatic carbocycles. The van der Waals surface area contributed by atoms with Gasteiger partial charge in [-0.05, 0) is 41.4 Å². The minimum Gasteiger partial charge on any atom is -0.497 e. The Balaban J connectivity index is 1.75. The number of sulfonamides is 1. The number of hydrogen-bond donors (Lipinski definition) is 1. The number of pyridine rings is 3. The summed E-state index contributed by atoms with van der Waals surface area (Å²) in [5.41, 5.74) is 8.74. The smallest absolute Gasteiger partial charge is 0.253 e. The van der Waals surface area contributed by atoms with Crippen molar-refractivity contribution < 1.29 is 17.9 Å². The van der Waals surface area contributed by atoms with Crippen LogP contribution in [0.15, 0.2) is 101 Å². The molecule has 4 aromatic rings. The fourth-order valence-electron chi connectivity index (χ4n) is 3.77. The van der Waals surface area contributed by atoms with Crippen LogP contribution in [0.5, 0.6) is 11.5 Å². The average molecular weight is 576 g/mol. The van der Waals surface area contributed by atoms with Gasteiger partial charge >= 0.3 is 0 Å². The van der Waals surface area contributed by atoms with Crippen LogP contribution < -0.4 is 15.2 Å². The third kappa shape index (κ3) is 7.00. The summed E-state index contributed by atoms with van der Waals surface area (Å²) in [4.78, 5) is 13.8. The summed E-state index contributed by atoms with van der Waals surface area (Å²) in [6.07, 6.45) is 8.25. The second kappa shape index (κ2) is 13.2. The maximum absolute atomic E-state index is 13.8. The van der Waals surface area contributed by atoms with Crippen molar-refractivity contribution in [1.82, 2.24) is 19.3 Å². The van der Waals surface area contributed by atoms with E-state index < -0.39 is 10.0 Å². The van der Waals surface area contributed by atoms with E-state index in [1.54, 1.807) is 73.3 Å². The van der Waals surface area contributed by atoms with Gasteiger partial charge in [-0.15, -0.1) is 11.3 Å². The lowest BCUT2D eigenvalue weighted by Gasteiger charge is -2.22. The van der Waals surface area contributed by atoms with E-state index in [1.807, 2.05) is 18.2 Å². The number of hydrogen-bond acceptors (Lipinski definition) is 9. The van der Waals surface area contributed by atoms with Gasteiger partial charge in [-0.2, -0.15) is 4.31 Å². The van der Waals surface area contributed by atoms with E-state index >= 15 is 0 Å². The van der Waals surface area contributed by atoms with Crippen molar-refractivity contribution in [3.05, 3.63) is 114 Å². The quantitative estimate of drug-likeness (QED) is 0.233. The third-order valence-corrected chi connectivity index (χ3v) is 8.88. The second-order valence-corrected chi connectivity index (χ2v) is 11.6. The van der Waals surface area contributed by atoms with Crippen LogP contribution in [-0.4, -0.2) is 41.9 Å². The van der Waals surface area contributed by atoms with Crippen molar-refractivity contribution in [3.8, 4) is 22.9 Å². The Kier molecular flexibility index (Phi) is 9.43. The van der Waals surface area contributed by atoms with E-state index in [2.05, 4.69) is 11.6 Å². The van der Waals surface area contributed by atoms with Gasteiger partial charge in [-0.1, -0.05) is 30.9 Å². The molecule has 0 amide bonds. The largest absolute Gasteiger partial charge is 0.497 e. The van der Waals surface area contributed by atoms with Crippen molar-refractivity contribution in [1.29, 1.82) is 0 Å². The number of allylic oxidation sites excluding steroid dienone is 4. The fourth-order valence-corrected chi connectivity index (χ4v) is 6.30.